The van der Waals surface area contributed by atoms with E-state index in [9.17, 15) is 13.2 Å². The summed E-state index contributed by atoms with van der Waals surface area (Å²) in [4.78, 5) is 10.5. The molecule has 1 N–H and O–H groups in total. The zero-order valence-corrected chi connectivity index (χ0v) is 10.7. The molecule has 0 atom stereocenters. The fraction of sp³-hybridized carbons (Fsp3) is 0.909. The molecule has 2 aliphatic carbocycles. The van der Waals surface area contributed by atoms with E-state index >= 15 is 0 Å². The summed E-state index contributed by atoms with van der Waals surface area (Å²) >= 11 is 0. The van der Waals surface area contributed by atoms with Crippen molar-refractivity contribution in [3.05, 3.63) is 0 Å². The fourth-order valence-corrected chi connectivity index (χ4v) is 3.39. The van der Waals surface area contributed by atoms with Crippen molar-refractivity contribution in [1.82, 2.24) is 4.31 Å². The van der Waals surface area contributed by atoms with Gasteiger partial charge in [-0.25, -0.2) is 12.7 Å². The molecule has 0 spiro atoms. The van der Waals surface area contributed by atoms with Crippen LogP contribution in [0.15, 0.2) is 0 Å². The molecule has 0 bridgehead atoms. The number of hydrogen-bond acceptors (Lipinski definition) is 3. The van der Waals surface area contributed by atoms with E-state index in [0.717, 1.165) is 25.7 Å². The Morgan fingerprint density at radius 2 is 1.59 bits per heavy atom. The minimum Gasteiger partial charge on any atom is -0.481 e. The predicted molar refractivity (Wildman–Crippen MR) is 63.1 cm³/mol. The molecule has 6 heteroatoms. The van der Waals surface area contributed by atoms with Crippen molar-refractivity contribution in [2.45, 2.75) is 32.1 Å². The number of hydrogen-bond donors (Lipinski definition) is 1. The van der Waals surface area contributed by atoms with Gasteiger partial charge in [0.2, 0.25) is 10.0 Å². The number of rotatable bonds is 8. The van der Waals surface area contributed by atoms with E-state index in [1.54, 1.807) is 0 Å². The second-order valence-corrected chi connectivity index (χ2v) is 7.25. The summed E-state index contributed by atoms with van der Waals surface area (Å²) in [5.41, 5.74) is 0. The molecule has 0 aromatic heterocycles. The first-order valence-corrected chi connectivity index (χ1v) is 7.78. The molecule has 0 aromatic rings. The van der Waals surface area contributed by atoms with E-state index in [-0.39, 0.29) is 12.2 Å². The summed E-state index contributed by atoms with van der Waals surface area (Å²) in [6, 6.07) is 0. The van der Waals surface area contributed by atoms with E-state index in [1.807, 2.05) is 0 Å². The summed E-state index contributed by atoms with van der Waals surface area (Å²) in [6.07, 6.45) is 4.13. The van der Waals surface area contributed by atoms with E-state index in [2.05, 4.69) is 0 Å². The first kappa shape index (κ1) is 12.8. The molecular weight excluding hydrogens is 242 g/mol. The third kappa shape index (κ3) is 4.27. The Hall–Kier alpha value is -0.620. The van der Waals surface area contributed by atoms with Crippen LogP contribution in [0.3, 0.4) is 0 Å². The number of carboxylic acids is 1. The van der Waals surface area contributed by atoms with Crippen molar-refractivity contribution in [2.24, 2.45) is 11.8 Å². The van der Waals surface area contributed by atoms with Crippen LogP contribution in [0.2, 0.25) is 0 Å². The van der Waals surface area contributed by atoms with Gasteiger partial charge in [-0.05, 0) is 37.5 Å². The molecule has 0 aromatic carbocycles. The van der Waals surface area contributed by atoms with Crippen LogP contribution < -0.4 is 0 Å². The SMILES string of the molecule is O=C(O)CCS(=O)(=O)N(CC1CC1)CC1CC1. The van der Waals surface area contributed by atoms with Gasteiger partial charge in [0.25, 0.3) is 0 Å². The van der Waals surface area contributed by atoms with Gasteiger partial charge in [0.15, 0.2) is 0 Å². The first-order valence-electron chi connectivity index (χ1n) is 6.17. The Labute approximate surface area is 102 Å². The fourth-order valence-electron chi connectivity index (χ4n) is 1.82. The summed E-state index contributed by atoms with van der Waals surface area (Å²) in [5.74, 6) is -0.296. The van der Waals surface area contributed by atoms with Crippen LogP contribution in [0.5, 0.6) is 0 Å². The minimum absolute atomic E-state index is 0.262. The summed E-state index contributed by atoms with van der Waals surface area (Å²) < 4.78 is 25.6. The Kier molecular flexibility index (Phi) is 3.73. The molecule has 0 saturated heterocycles. The average molecular weight is 261 g/mol. The molecule has 2 fully saturated rings. The van der Waals surface area contributed by atoms with Crippen molar-refractivity contribution in [3.8, 4) is 0 Å². The molecule has 5 nitrogen and oxygen atoms in total. The van der Waals surface area contributed by atoms with Crippen LogP contribution in [0.25, 0.3) is 0 Å². The molecule has 2 rings (SSSR count). The maximum Gasteiger partial charge on any atom is 0.304 e. The van der Waals surface area contributed by atoms with Crippen LogP contribution >= 0.6 is 0 Å². The van der Waals surface area contributed by atoms with Crippen molar-refractivity contribution in [2.75, 3.05) is 18.8 Å². The lowest BCUT2D eigenvalue weighted by Gasteiger charge is -2.21. The van der Waals surface area contributed by atoms with E-state index < -0.39 is 16.0 Å². The van der Waals surface area contributed by atoms with Gasteiger partial charge in [0, 0.05) is 13.1 Å². The van der Waals surface area contributed by atoms with Gasteiger partial charge < -0.3 is 5.11 Å². The summed E-state index contributed by atoms with van der Waals surface area (Å²) in [7, 11) is -3.38. The lowest BCUT2D eigenvalue weighted by Crippen LogP contribution is -2.36. The predicted octanol–water partition coefficient (Wildman–Crippen LogP) is 0.913. The zero-order chi connectivity index (χ0) is 12.5. The van der Waals surface area contributed by atoms with Crippen LogP contribution in [-0.4, -0.2) is 42.6 Å². The highest BCUT2D eigenvalue weighted by Gasteiger charge is 2.34. The molecule has 0 unspecified atom stereocenters. The summed E-state index contributed by atoms with van der Waals surface area (Å²) in [6.45, 7) is 1.19. The van der Waals surface area contributed by atoms with Crippen LogP contribution in [0, 0.1) is 11.8 Å². The average Bonchev–Trinajstić information content (AvgIpc) is 3.07. The monoisotopic (exact) mass is 261 g/mol. The smallest absolute Gasteiger partial charge is 0.304 e. The number of carboxylic acid groups (broad SMARTS) is 1. The third-order valence-corrected chi connectivity index (χ3v) is 5.09. The lowest BCUT2D eigenvalue weighted by atomic mass is 10.4. The second kappa shape index (κ2) is 4.94. The zero-order valence-electron chi connectivity index (χ0n) is 9.84. The molecule has 0 radical (unpaired) electrons. The van der Waals surface area contributed by atoms with Crippen molar-refractivity contribution in [1.29, 1.82) is 0 Å². The van der Waals surface area contributed by atoms with Gasteiger partial charge >= 0.3 is 5.97 Å². The number of carbonyl (C=O) groups is 1. The number of aliphatic carboxylic acids is 1. The van der Waals surface area contributed by atoms with E-state index in [4.69, 9.17) is 5.11 Å². The maximum atomic E-state index is 12.0. The minimum atomic E-state index is -3.38. The van der Waals surface area contributed by atoms with Gasteiger partial charge in [-0.1, -0.05) is 0 Å². The molecule has 2 saturated carbocycles. The Balaban J connectivity index is 1.92. The number of nitrogens with zero attached hydrogens (tertiary/aromatic N) is 1. The normalized spacial score (nSPS) is 20.8. The molecule has 0 amide bonds. The molecule has 2 aliphatic rings. The van der Waals surface area contributed by atoms with Crippen molar-refractivity contribution < 1.29 is 18.3 Å². The highest BCUT2D eigenvalue weighted by Crippen LogP contribution is 2.34. The maximum absolute atomic E-state index is 12.0. The summed E-state index contributed by atoms with van der Waals surface area (Å²) in [5, 5.41) is 8.56. The Morgan fingerprint density at radius 1 is 1.12 bits per heavy atom. The Bertz CT molecular complexity index is 370. The van der Waals surface area contributed by atoms with Gasteiger partial charge in [0.05, 0.1) is 12.2 Å². The molecular formula is C11H19NO4S. The molecule has 17 heavy (non-hydrogen) atoms. The van der Waals surface area contributed by atoms with Gasteiger partial charge in [0.1, 0.15) is 0 Å². The molecule has 98 valence electrons. The number of sulfonamides is 1. The van der Waals surface area contributed by atoms with Gasteiger partial charge in [-0.2, -0.15) is 0 Å². The second-order valence-electron chi connectivity index (χ2n) is 5.16. The van der Waals surface area contributed by atoms with Crippen molar-refractivity contribution in [3.63, 3.8) is 0 Å². The molecule has 0 heterocycles. The third-order valence-electron chi connectivity index (χ3n) is 3.28. The van der Waals surface area contributed by atoms with Crippen LogP contribution in [0.1, 0.15) is 32.1 Å². The first-order chi connectivity index (χ1) is 7.97. The largest absolute Gasteiger partial charge is 0.481 e. The van der Waals surface area contributed by atoms with Crippen LogP contribution in [-0.2, 0) is 14.8 Å². The van der Waals surface area contributed by atoms with Gasteiger partial charge in [-0.15, -0.1) is 0 Å². The Morgan fingerprint density at radius 3 is 1.94 bits per heavy atom. The standard InChI is InChI=1S/C11H19NO4S/c13-11(14)5-6-17(15,16)12(7-9-1-2-9)8-10-3-4-10/h9-10H,1-8H2,(H,13,14). The van der Waals surface area contributed by atoms with E-state index in [1.165, 1.54) is 4.31 Å². The molecule has 0 aliphatic heterocycles. The highest BCUT2D eigenvalue weighted by molar-refractivity contribution is 7.89. The quantitative estimate of drug-likeness (QED) is 0.705. The van der Waals surface area contributed by atoms with Crippen molar-refractivity contribution >= 4 is 16.0 Å². The topological polar surface area (TPSA) is 74.7 Å². The van der Waals surface area contributed by atoms with Gasteiger partial charge in [-0.3, -0.25) is 4.79 Å². The lowest BCUT2D eigenvalue weighted by molar-refractivity contribution is -0.136. The van der Waals surface area contributed by atoms with Crippen LogP contribution in [0.4, 0.5) is 0 Å². The van der Waals surface area contributed by atoms with E-state index in [0.29, 0.717) is 24.9 Å². The highest BCUT2D eigenvalue weighted by atomic mass is 32.2.